The minimum atomic E-state index is -0.168. The first-order valence-electron chi connectivity index (χ1n) is 9.39. The molecular weight excluding hydrogens is 304 g/mol. The fourth-order valence-electron chi connectivity index (χ4n) is 4.62. The summed E-state index contributed by atoms with van der Waals surface area (Å²) in [7, 11) is 0. The van der Waals surface area contributed by atoms with Crippen LogP contribution in [-0.4, -0.2) is 47.2 Å². The summed E-state index contributed by atoms with van der Waals surface area (Å²) in [6, 6.07) is 0. The van der Waals surface area contributed by atoms with Gasteiger partial charge in [-0.3, -0.25) is 19.3 Å². The molecule has 1 heterocycles. The van der Waals surface area contributed by atoms with Gasteiger partial charge in [0.05, 0.1) is 11.8 Å². The van der Waals surface area contributed by atoms with E-state index in [1.165, 1.54) is 4.90 Å². The van der Waals surface area contributed by atoms with Crippen LogP contribution in [0.15, 0.2) is 12.2 Å². The molecule has 132 valence electrons. The third-order valence-corrected chi connectivity index (χ3v) is 5.74. The highest BCUT2D eigenvalue weighted by Gasteiger charge is 2.56. The molecule has 4 rings (SSSR count). The van der Waals surface area contributed by atoms with Crippen LogP contribution in [0.2, 0.25) is 0 Å². The van der Waals surface area contributed by atoms with Crippen molar-refractivity contribution in [3.8, 4) is 0 Å². The summed E-state index contributed by atoms with van der Waals surface area (Å²) < 4.78 is 0. The van der Waals surface area contributed by atoms with E-state index >= 15 is 0 Å². The number of amides is 3. The molecule has 4 atom stereocenters. The lowest BCUT2D eigenvalue weighted by Gasteiger charge is -2.38. The van der Waals surface area contributed by atoms with Crippen molar-refractivity contribution in [3.05, 3.63) is 12.2 Å². The Morgan fingerprint density at radius 2 is 1.54 bits per heavy atom. The van der Waals surface area contributed by atoms with Gasteiger partial charge in [-0.1, -0.05) is 26.0 Å². The first-order valence-corrected chi connectivity index (χ1v) is 9.39. The number of hydrogen-bond acceptors (Lipinski definition) is 3. The number of rotatable bonds is 7. The van der Waals surface area contributed by atoms with Crippen molar-refractivity contribution in [1.82, 2.24) is 9.80 Å². The Balaban J connectivity index is 1.63. The molecule has 4 aliphatic rings. The molecule has 5 nitrogen and oxygen atoms in total. The molecule has 2 fully saturated rings. The monoisotopic (exact) mass is 332 g/mol. The van der Waals surface area contributed by atoms with Crippen LogP contribution >= 0.6 is 0 Å². The SMILES string of the molecule is CCCN(CCC)C(=O)CCN1C(=O)[C@@H]2[C@H](C1=O)[C@H]1C=C[C@H]2CC1. The van der Waals surface area contributed by atoms with Crippen LogP contribution in [0.25, 0.3) is 0 Å². The molecule has 0 N–H and O–H groups in total. The van der Waals surface area contributed by atoms with E-state index < -0.39 is 0 Å². The highest BCUT2D eigenvalue weighted by molar-refractivity contribution is 6.06. The first-order chi connectivity index (χ1) is 11.6. The Bertz CT molecular complexity index is 519. The highest BCUT2D eigenvalue weighted by Crippen LogP contribution is 2.49. The van der Waals surface area contributed by atoms with Gasteiger partial charge < -0.3 is 4.90 Å². The average Bonchev–Trinajstić information content (AvgIpc) is 2.87. The number of likely N-dealkylation sites (tertiary alicyclic amines) is 1. The van der Waals surface area contributed by atoms with Crippen LogP contribution < -0.4 is 0 Å². The molecule has 0 aromatic rings. The summed E-state index contributed by atoms with van der Waals surface area (Å²) in [6.45, 7) is 5.84. The fraction of sp³-hybridized carbons (Fsp3) is 0.737. The van der Waals surface area contributed by atoms with Crippen LogP contribution in [0, 0.1) is 23.7 Å². The van der Waals surface area contributed by atoms with Gasteiger partial charge in [0, 0.05) is 26.1 Å². The number of allylic oxidation sites excluding steroid dienone is 2. The second-order valence-corrected chi connectivity index (χ2v) is 7.30. The van der Waals surface area contributed by atoms with Crippen molar-refractivity contribution >= 4 is 17.7 Å². The van der Waals surface area contributed by atoms with E-state index in [2.05, 4.69) is 26.0 Å². The van der Waals surface area contributed by atoms with Crippen LogP contribution in [0.5, 0.6) is 0 Å². The highest BCUT2D eigenvalue weighted by atomic mass is 16.2. The summed E-state index contributed by atoms with van der Waals surface area (Å²) in [4.78, 5) is 41.1. The maximum atomic E-state index is 12.7. The topological polar surface area (TPSA) is 57.7 Å². The van der Waals surface area contributed by atoms with Gasteiger partial charge in [-0.15, -0.1) is 0 Å². The van der Waals surface area contributed by atoms with Gasteiger partial charge in [-0.25, -0.2) is 0 Å². The minimum absolute atomic E-state index is 0.0469. The Labute approximate surface area is 144 Å². The lowest BCUT2D eigenvalue weighted by Crippen LogP contribution is -2.38. The predicted molar refractivity (Wildman–Crippen MR) is 90.8 cm³/mol. The van der Waals surface area contributed by atoms with E-state index in [0.717, 1.165) is 38.8 Å². The van der Waals surface area contributed by atoms with Crippen molar-refractivity contribution in [3.63, 3.8) is 0 Å². The lowest BCUT2D eigenvalue weighted by molar-refractivity contribution is -0.141. The van der Waals surface area contributed by atoms with E-state index in [4.69, 9.17) is 0 Å². The zero-order valence-electron chi connectivity index (χ0n) is 14.7. The summed E-state index contributed by atoms with van der Waals surface area (Å²) in [6.07, 6.45) is 8.36. The molecule has 24 heavy (non-hydrogen) atoms. The minimum Gasteiger partial charge on any atom is -0.343 e. The number of nitrogens with zero attached hydrogens (tertiary/aromatic N) is 2. The average molecular weight is 332 g/mol. The van der Waals surface area contributed by atoms with Gasteiger partial charge >= 0.3 is 0 Å². The van der Waals surface area contributed by atoms with Crippen molar-refractivity contribution in [2.24, 2.45) is 23.7 Å². The number of carbonyl (C=O) groups is 3. The smallest absolute Gasteiger partial charge is 0.233 e. The van der Waals surface area contributed by atoms with Gasteiger partial charge in [0.15, 0.2) is 0 Å². The molecule has 1 saturated heterocycles. The van der Waals surface area contributed by atoms with Crippen LogP contribution in [0.1, 0.15) is 46.0 Å². The predicted octanol–water partition coefficient (Wildman–Crippen LogP) is 2.22. The number of carbonyl (C=O) groups excluding carboxylic acids is 3. The molecule has 0 unspecified atom stereocenters. The molecule has 1 aliphatic heterocycles. The Morgan fingerprint density at radius 3 is 1.96 bits per heavy atom. The summed E-state index contributed by atoms with van der Waals surface area (Å²) in [5.41, 5.74) is 0. The molecule has 3 aliphatic carbocycles. The Morgan fingerprint density at radius 1 is 1.04 bits per heavy atom. The van der Waals surface area contributed by atoms with Gasteiger partial charge in [-0.05, 0) is 37.5 Å². The second kappa shape index (κ2) is 7.08. The van der Waals surface area contributed by atoms with Crippen molar-refractivity contribution in [2.75, 3.05) is 19.6 Å². The molecule has 2 bridgehead atoms. The van der Waals surface area contributed by atoms with Crippen LogP contribution in [0.3, 0.4) is 0 Å². The number of fused-ring (bicyclic) bond motifs is 1. The third kappa shape index (κ3) is 2.89. The normalized spacial score (nSPS) is 30.8. The molecule has 1 saturated carbocycles. The number of hydrogen-bond donors (Lipinski definition) is 0. The zero-order valence-corrected chi connectivity index (χ0v) is 14.7. The van der Waals surface area contributed by atoms with Gasteiger partial charge in [0.2, 0.25) is 17.7 Å². The molecule has 5 heteroatoms. The maximum Gasteiger partial charge on any atom is 0.233 e. The van der Waals surface area contributed by atoms with E-state index in [9.17, 15) is 14.4 Å². The Hall–Kier alpha value is -1.65. The number of imide groups is 1. The Kier molecular flexibility index (Phi) is 5.07. The third-order valence-electron chi connectivity index (χ3n) is 5.74. The molecule has 3 amide bonds. The fourth-order valence-corrected chi connectivity index (χ4v) is 4.62. The van der Waals surface area contributed by atoms with E-state index in [1.807, 2.05) is 4.90 Å². The molecule has 0 aromatic carbocycles. The lowest BCUT2D eigenvalue weighted by atomic mass is 9.63. The molecular formula is C19H28N2O3. The zero-order chi connectivity index (χ0) is 17.3. The summed E-state index contributed by atoms with van der Waals surface area (Å²) in [5.74, 6) is 0.0548. The van der Waals surface area contributed by atoms with Crippen LogP contribution in [0.4, 0.5) is 0 Å². The molecule has 0 spiro atoms. The van der Waals surface area contributed by atoms with Crippen molar-refractivity contribution in [1.29, 1.82) is 0 Å². The van der Waals surface area contributed by atoms with Crippen LogP contribution in [-0.2, 0) is 14.4 Å². The van der Waals surface area contributed by atoms with Gasteiger partial charge in [0.1, 0.15) is 0 Å². The van der Waals surface area contributed by atoms with Gasteiger partial charge in [0.25, 0.3) is 0 Å². The standard InChI is InChI=1S/C19H28N2O3/c1-3-10-20(11-4-2)15(22)9-12-21-18(23)16-13-5-6-14(8-7-13)17(16)19(21)24/h5-6,13-14,16-17H,3-4,7-12H2,1-2H3/t13-,14-,16-,17+/m0/s1. The quantitative estimate of drug-likeness (QED) is 0.530. The summed E-state index contributed by atoms with van der Waals surface area (Å²) >= 11 is 0. The first kappa shape index (κ1) is 17.2. The maximum absolute atomic E-state index is 12.7. The summed E-state index contributed by atoms with van der Waals surface area (Å²) in [5, 5.41) is 0. The second-order valence-electron chi connectivity index (χ2n) is 7.30. The molecule has 0 aromatic heterocycles. The molecule has 0 radical (unpaired) electrons. The van der Waals surface area contributed by atoms with E-state index in [-0.39, 0.29) is 54.4 Å². The largest absolute Gasteiger partial charge is 0.343 e. The van der Waals surface area contributed by atoms with Crippen molar-refractivity contribution in [2.45, 2.75) is 46.0 Å². The van der Waals surface area contributed by atoms with Crippen molar-refractivity contribution < 1.29 is 14.4 Å². The van der Waals surface area contributed by atoms with E-state index in [0.29, 0.717) is 0 Å². The van der Waals surface area contributed by atoms with Gasteiger partial charge in [-0.2, -0.15) is 0 Å². The van der Waals surface area contributed by atoms with E-state index in [1.54, 1.807) is 0 Å².